The van der Waals surface area contributed by atoms with Crippen molar-refractivity contribution in [3.8, 4) is 0 Å². The number of nitrogens with one attached hydrogen (secondary N) is 1. The maximum atomic E-state index is 11.9. The van der Waals surface area contributed by atoms with Gasteiger partial charge in [-0.05, 0) is 31.4 Å². The Morgan fingerprint density at radius 3 is 2.60 bits per heavy atom. The van der Waals surface area contributed by atoms with E-state index >= 15 is 0 Å². The van der Waals surface area contributed by atoms with Gasteiger partial charge in [0.1, 0.15) is 0 Å². The number of hydrogen-bond donors (Lipinski definition) is 1. The first-order valence-electron chi connectivity index (χ1n) is 5.64. The lowest BCUT2D eigenvalue weighted by Crippen LogP contribution is -2.32. The highest BCUT2D eigenvalue weighted by atomic mass is 16.1. The molecule has 0 aromatic heterocycles. The second kappa shape index (κ2) is 4.47. The Bertz CT molecular complexity index is 353. The lowest BCUT2D eigenvalue weighted by atomic mass is 10.1. The van der Waals surface area contributed by atoms with E-state index in [2.05, 4.69) is 5.32 Å². The summed E-state index contributed by atoms with van der Waals surface area (Å²) in [6.45, 7) is 1.98. The van der Waals surface area contributed by atoms with Crippen molar-refractivity contribution in [2.75, 3.05) is 0 Å². The molecule has 1 aromatic rings. The van der Waals surface area contributed by atoms with Gasteiger partial charge in [0.25, 0.3) is 5.91 Å². The van der Waals surface area contributed by atoms with E-state index in [4.69, 9.17) is 0 Å². The van der Waals surface area contributed by atoms with E-state index in [0.717, 1.165) is 24.0 Å². The Morgan fingerprint density at radius 2 is 1.93 bits per heavy atom. The predicted molar refractivity (Wildman–Crippen MR) is 60.9 cm³/mol. The van der Waals surface area contributed by atoms with Gasteiger partial charge in [-0.3, -0.25) is 4.79 Å². The van der Waals surface area contributed by atoms with E-state index in [9.17, 15) is 4.79 Å². The summed E-state index contributed by atoms with van der Waals surface area (Å²) < 4.78 is 0. The number of carbonyl (C=O) groups excluding carboxylic acids is 1. The zero-order chi connectivity index (χ0) is 10.7. The highest BCUT2D eigenvalue weighted by Crippen LogP contribution is 2.18. The maximum absolute atomic E-state index is 11.9. The van der Waals surface area contributed by atoms with Crippen molar-refractivity contribution >= 4 is 5.91 Å². The van der Waals surface area contributed by atoms with Crippen molar-refractivity contribution in [3.63, 3.8) is 0 Å². The van der Waals surface area contributed by atoms with Gasteiger partial charge in [-0.1, -0.05) is 31.0 Å². The topological polar surface area (TPSA) is 29.1 Å². The lowest BCUT2D eigenvalue weighted by molar-refractivity contribution is 0.0937. The maximum Gasteiger partial charge on any atom is 0.251 e. The second-order valence-corrected chi connectivity index (χ2v) is 4.27. The first-order valence-corrected chi connectivity index (χ1v) is 5.64. The molecule has 0 atom stereocenters. The number of carbonyl (C=O) groups is 1. The molecule has 0 saturated heterocycles. The van der Waals surface area contributed by atoms with Crippen molar-refractivity contribution < 1.29 is 4.79 Å². The van der Waals surface area contributed by atoms with Gasteiger partial charge in [0.05, 0.1) is 0 Å². The molecule has 2 heteroatoms. The molecule has 1 N–H and O–H groups in total. The first kappa shape index (κ1) is 10.2. The van der Waals surface area contributed by atoms with Gasteiger partial charge < -0.3 is 5.32 Å². The third-order valence-electron chi connectivity index (χ3n) is 3.08. The fraction of sp³-hybridized carbons (Fsp3) is 0.462. The minimum absolute atomic E-state index is 0.0833. The third kappa shape index (κ3) is 2.38. The number of aryl methyl sites for hydroxylation is 1. The minimum atomic E-state index is 0.0833. The normalized spacial score (nSPS) is 16.6. The van der Waals surface area contributed by atoms with E-state index in [-0.39, 0.29) is 5.91 Å². The smallest absolute Gasteiger partial charge is 0.251 e. The Labute approximate surface area is 90.7 Å². The fourth-order valence-electron chi connectivity index (χ4n) is 2.16. The number of hydrogen-bond acceptors (Lipinski definition) is 1. The van der Waals surface area contributed by atoms with Crippen molar-refractivity contribution in [2.45, 2.75) is 38.6 Å². The molecule has 0 unspecified atom stereocenters. The summed E-state index contributed by atoms with van der Waals surface area (Å²) >= 11 is 0. The van der Waals surface area contributed by atoms with Gasteiger partial charge in [0.2, 0.25) is 0 Å². The molecule has 1 aromatic carbocycles. The third-order valence-corrected chi connectivity index (χ3v) is 3.08. The van der Waals surface area contributed by atoms with Gasteiger partial charge >= 0.3 is 0 Å². The average Bonchev–Trinajstić information content (AvgIpc) is 2.71. The summed E-state index contributed by atoms with van der Waals surface area (Å²) in [5, 5.41) is 3.10. The molecule has 0 bridgehead atoms. The van der Waals surface area contributed by atoms with Gasteiger partial charge in [0, 0.05) is 11.6 Å². The van der Waals surface area contributed by atoms with Gasteiger partial charge in [0.15, 0.2) is 0 Å². The summed E-state index contributed by atoms with van der Waals surface area (Å²) in [6.07, 6.45) is 4.77. The van der Waals surface area contributed by atoms with Crippen LogP contribution in [0.5, 0.6) is 0 Å². The Kier molecular flexibility index (Phi) is 3.05. The molecule has 2 rings (SSSR count). The molecule has 1 aliphatic rings. The average molecular weight is 203 g/mol. The van der Waals surface area contributed by atoms with E-state index < -0.39 is 0 Å². The molecule has 2 nitrogen and oxygen atoms in total. The molecular formula is C13H17NO. The molecule has 80 valence electrons. The van der Waals surface area contributed by atoms with Gasteiger partial charge in [-0.15, -0.1) is 0 Å². The molecule has 0 radical (unpaired) electrons. The molecule has 0 spiro atoms. The molecule has 0 heterocycles. The molecular weight excluding hydrogens is 186 g/mol. The fourth-order valence-corrected chi connectivity index (χ4v) is 2.16. The van der Waals surface area contributed by atoms with Crippen LogP contribution in [0.15, 0.2) is 24.3 Å². The zero-order valence-electron chi connectivity index (χ0n) is 9.12. The van der Waals surface area contributed by atoms with Crippen LogP contribution < -0.4 is 5.32 Å². The summed E-state index contributed by atoms with van der Waals surface area (Å²) in [6, 6.07) is 8.14. The standard InChI is InChI=1S/C13H17NO/c1-10-6-2-5-9-12(10)13(15)14-11-7-3-4-8-11/h2,5-6,9,11H,3-4,7-8H2,1H3,(H,14,15). The van der Waals surface area contributed by atoms with Crippen LogP contribution in [-0.4, -0.2) is 11.9 Å². The van der Waals surface area contributed by atoms with Crippen molar-refractivity contribution in [2.24, 2.45) is 0 Å². The summed E-state index contributed by atoms with van der Waals surface area (Å²) in [7, 11) is 0. The van der Waals surface area contributed by atoms with E-state index in [1.165, 1.54) is 12.8 Å². The quantitative estimate of drug-likeness (QED) is 0.786. The molecule has 1 fully saturated rings. The summed E-state index contributed by atoms with van der Waals surface area (Å²) in [5.41, 5.74) is 1.86. The second-order valence-electron chi connectivity index (χ2n) is 4.27. The van der Waals surface area contributed by atoms with Crippen LogP contribution in [0.25, 0.3) is 0 Å². The highest BCUT2D eigenvalue weighted by Gasteiger charge is 2.18. The van der Waals surface area contributed by atoms with Crippen LogP contribution in [0, 0.1) is 6.92 Å². The lowest BCUT2D eigenvalue weighted by Gasteiger charge is -2.12. The zero-order valence-corrected chi connectivity index (χ0v) is 9.12. The van der Waals surface area contributed by atoms with E-state index in [1.54, 1.807) is 0 Å². The monoisotopic (exact) mass is 203 g/mol. The summed E-state index contributed by atoms with van der Waals surface area (Å²) in [4.78, 5) is 11.9. The Morgan fingerprint density at radius 1 is 1.27 bits per heavy atom. The number of rotatable bonds is 2. The molecule has 1 aliphatic carbocycles. The molecule has 15 heavy (non-hydrogen) atoms. The Hall–Kier alpha value is -1.31. The number of benzene rings is 1. The van der Waals surface area contributed by atoms with Crippen LogP contribution in [0.4, 0.5) is 0 Å². The van der Waals surface area contributed by atoms with Crippen LogP contribution in [-0.2, 0) is 0 Å². The highest BCUT2D eigenvalue weighted by molar-refractivity contribution is 5.95. The van der Waals surface area contributed by atoms with E-state index in [0.29, 0.717) is 6.04 Å². The Balaban J connectivity index is 2.04. The SMILES string of the molecule is Cc1ccccc1C(=O)NC1CCCC1. The number of amides is 1. The minimum Gasteiger partial charge on any atom is -0.349 e. The van der Waals surface area contributed by atoms with Gasteiger partial charge in [-0.2, -0.15) is 0 Å². The van der Waals surface area contributed by atoms with Crippen molar-refractivity contribution in [3.05, 3.63) is 35.4 Å². The molecule has 0 aliphatic heterocycles. The van der Waals surface area contributed by atoms with Crippen LogP contribution in [0.3, 0.4) is 0 Å². The predicted octanol–water partition coefficient (Wildman–Crippen LogP) is 2.67. The van der Waals surface area contributed by atoms with Crippen molar-refractivity contribution in [1.82, 2.24) is 5.32 Å². The first-order chi connectivity index (χ1) is 7.27. The largest absolute Gasteiger partial charge is 0.349 e. The summed E-state index contributed by atoms with van der Waals surface area (Å²) in [5.74, 6) is 0.0833. The van der Waals surface area contributed by atoms with Crippen LogP contribution in [0.2, 0.25) is 0 Å². The van der Waals surface area contributed by atoms with Crippen LogP contribution in [0.1, 0.15) is 41.6 Å². The van der Waals surface area contributed by atoms with E-state index in [1.807, 2.05) is 31.2 Å². The van der Waals surface area contributed by atoms with Gasteiger partial charge in [-0.25, -0.2) is 0 Å². The van der Waals surface area contributed by atoms with Crippen LogP contribution >= 0.6 is 0 Å². The van der Waals surface area contributed by atoms with Crippen molar-refractivity contribution in [1.29, 1.82) is 0 Å². The molecule has 1 saturated carbocycles. The molecule has 1 amide bonds.